The summed E-state index contributed by atoms with van der Waals surface area (Å²) < 4.78 is 41.2. The predicted octanol–water partition coefficient (Wildman–Crippen LogP) is 2.51. The van der Waals surface area contributed by atoms with Crippen LogP contribution >= 0.6 is 15.9 Å². The van der Waals surface area contributed by atoms with E-state index in [9.17, 15) is 18.0 Å². The van der Waals surface area contributed by atoms with Crippen molar-refractivity contribution in [1.29, 1.82) is 0 Å². The second kappa shape index (κ2) is 4.69. The number of nitrogens with one attached hydrogen (secondary N) is 1. The van der Waals surface area contributed by atoms with E-state index >= 15 is 0 Å². The molecule has 0 bridgehead atoms. The van der Waals surface area contributed by atoms with Gasteiger partial charge in [-0.3, -0.25) is 4.79 Å². The van der Waals surface area contributed by atoms with Gasteiger partial charge in [0.2, 0.25) is 0 Å². The summed E-state index contributed by atoms with van der Waals surface area (Å²) >= 11 is 2.80. The van der Waals surface area contributed by atoms with Crippen molar-refractivity contribution in [2.75, 3.05) is 6.61 Å². The van der Waals surface area contributed by atoms with Gasteiger partial charge in [0.1, 0.15) is 5.69 Å². The third-order valence-electron chi connectivity index (χ3n) is 1.67. The first-order valence-corrected chi connectivity index (χ1v) is 4.74. The molecule has 0 radical (unpaired) electrons. The summed E-state index contributed by atoms with van der Waals surface area (Å²) in [6.07, 6.45) is -4.20. The van der Waals surface area contributed by atoms with Crippen molar-refractivity contribution in [3.05, 3.63) is 21.9 Å². The molecule has 3 nitrogen and oxygen atoms in total. The maximum atomic E-state index is 12.3. The van der Waals surface area contributed by atoms with E-state index in [1.54, 1.807) is 0 Å². The number of ether oxygens (including phenoxy) is 1. The summed E-state index contributed by atoms with van der Waals surface area (Å²) in [6.45, 7) is 0.302. The second-order valence-electron chi connectivity index (χ2n) is 2.73. The van der Waals surface area contributed by atoms with Gasteiger partial charge < -0.3 is 9.72 Å². The second-order valence-corrected chi connectivity index (χ2v) is 3.59. The smallest absolute Gasteiger partial charge is 0.432 e. The topological polar surface area (TPSA) is 42.1 Å². The van der Waals surface area contributed by atoms with Crippen molar-refractivity contribution in [1.82, 2.24) is 4.98 Å². The fourth-order valence-corrected chi connectivity index (χ4v) is 1.64. The van der Waals surface area contributed by atoms with E-state index in [0.29, 0.717) is 5.69 Å². The standard InChI is InChI=1S/C8H7BrF3NO2/c9-6-3-5(1-2-15-4-14)13-7(6)8(10,11)12/h3-4,13H,1-2H2. The fraction of sp³-hybridized carbons (Fsp3) is 0.375. The summed E-state index contributed by atoms with van der Waals surface area (Å²) in [5.41, 5.74) is -0.473. The molecule has 0 aliphatic carbocycles. The number of aromatic amines is 1. The Morgan fingerprint density at radius 2 is 2.20 bits per heavy atom. The number of H-pyrrole nitrogens is 1. The van der Waals surface area contributed by atoms with Crippen molar-refractivity contribution < 1.29 is 22.7 Å². The maximum Gasteiger partial charge on any atom is 0.432 e. The first-order chi connectivity index (χ1) is 6.95. The predicted molar refractivity (Wildman–Crippen MR) is 49.2 cm³/mol. The normalized spacial score (nSPS) is 11.5. The van der Waals surface area contributed by atoms with Crippen molar-refractivity contribution in [3.63, 3.8) is 0 Å². The van der Waals surface area contributed by atoms with Crippen LogP contribution in [0.4, 0.5) is 13.2 Å². The summed E-state index contributed by atoms with van der Waals surface area (Å²) in [4.78, 5) is 12.0. The van der Waals surface area contributed by atoms with Gasteiger partial charge in [0, 0.05) is 16.6 Å². The monoisotopic (exact) mass is 285 g/mol. The molecule has 1 aromatic rings. The van der Waals surface area contributed by atoms with Gasteiger partial charge in [0.15, 0.2) is 0 Å². The molecule has 0 aromatic carbocycles. The lowest BCUT2D eigenvalue weighted by Crippen LogP contribution is -2.06. The van der Waals surface area contributed by atoms with E-state index in [4.69, 9.17) is 0 Å². The summed E-state index contributed by atoms with van der Waals surface area (Å²) in [5.74, 6) is 0. The van der Waals surface area contributed by atoms with Crippen molar-refractivity contribution in [3.8, 4) is 0 Å². The third kappa shape index (κ3) is 3.26. The van der Waals surface area contributed by atoms with Crippen LogP contribution in [0.5, 0.6) is 0 Å². The van der Waals surface area contributed by atoms with Gasteiger partial charge in [-0.25, -0.2) is 0 Å². The number of hydrogen-bond donors (Lipinski definition) is 1. The summed E-state index contributed by atoms with van der Waals surface area (Å²) in [6, 6.07) is 1.32. The van der Waals surface area contributed by atoms with Crippen molar-refractivity contribution >= 4 is 22.4 Å². The summed E-state index contributed by atoms with van der Waals surface area (Å²) in [5, 5.41) is 0. The molecule has 7 heteroatoms. The molecule has 0 saturated carbocycles. The quantitative estimate of drug-likeness (QED) is 0.682. The van der Waals surface area contributed by atoms with Gasteiger partial charge in [-0.1, -0.05) is 0 Å². The Morgan fingerprint density at radius 3 is 2.67 bits per heavy atom. The lowest BCUT2D eigenvalue weighted by Gasteiger charge is -2.03. The van der Waals surface area contributed by atoms with Gasteiger partial charge >= 0.3 is 6.18 Å². The highest BCUT2D eigenvalue weighted by Crippen LogP contribution is 2.34. The van der Waals surface area contributed by atoms with Crippen LogP contribution in [0.1, 0.15) is 11.4 Å². The number of hydrogen-bond acceptors (Lipinski definition) is 2. The summed E-state index contributed by atoms with van der Waals surface area (Å²) in [7, 11) is 0. The highest BCUT2D eigenvalue weighted by atomic mass is 79.9. The van der Waals surface area contributed by atoms with Gasteiger partial charge in [0.25, 0.3) is 6.47 Å². The maximum absolute atomic E-state index is 12.3. The molecule has 15 heavy (non-hydrogen) atoms. The first-order valence-electron chi connectivity index (χ1n) is 3.95. The minimum atomic E-state index is -4.41. The molecule has 0 saturated heterocycles. The zero-order chi connectivity index (χ0) is 11.5. The van der Waals surface area contributed by atoms with Crippen LogP contribution in [0.3, 0.4) is 0 Å². The minimum absolute atomic E-state index is 0.0453. The minimum Gasteiger partial charge on any atom is -0.467 e. The SMILES string of the molecule is O=COCCc1cc(Br)c(C(F)(F)F)[nH]1. The largest absolute Gasteiger partial charge is 0.467 e. The molecule has 1 aromatic heterocycles. The van der Waals surface area contributed by atoms with E-state index in [1.807, 2.05) is 0 Å². The highest BCUT2D eigenvalue weighted by molar-refractivity contribution is 9.10. The van der Waals surface area contributed by atoms with Gasteiger partial charge in [0.05, 0.1) is 6.61 Å². The Hall–Kier alpha value is -0.980. The van der Waals surface area contributed by atoms with Crippen molar-refractivity contribution in [2.45, 2.75) is 12.6 Å². The third-order valence-corrected chi connectivity index (χ3v) is 2.29. The van der Waals surface area contributed by atoms with Crippen LogP contribution < -0.4 is 0 Å². The van der Waals surface area contributed by atoms with E-state index < -0.39 is 11.9 Å². The highest BCUT2D eigenvalue weighted by Gasteiger charge is 2.35. The lowest BCUT2D eigenvalue weighted by atomic mass is 10.3. The molecular weight excluding hydrogens is 279 g/mol. The Morgan fingerprint density at radius 1 is 1.53 bits per heavy atom. The van der Waals surface area contributed by atoms with E-state index in [1.165, 1.54) is 6.07 Å². The Bertz CT molecular complexity index is 348. The molecule has 0 atom stereocenters. The van der Waals surface area contributed by atoms with Crippen LogP contribution in [-0.2, 0) is 22.1 Å². The molecule has 1 N–H and O–H groups in total. The van der Waals surface area contributed by atoms with Crippen LogP contribution in [0.25, 0.3) is 0 Å². The van der Waals surface area contributed by atoms with Gasteiger partial charge in [-0.15, -0.1) is 0 Å². The molecule has 84 valence electrons. The van der Waals surface area contributed by atoms with Crippen molar-refractivity contribution in [2.24, 2.45) is 0 Å². The number of alkyl halides is 3. The molecule has 0 aliphatic heterocycles. The lowest BCUT2D eigenvalue weighted by molar-refractivity contribution is -0.141. The Labute approximate surface area is 91.7 Å². The Balaban J connectivity index is 2.73. The van der Waals surface area contributed by atoms with Gasteiger partial charge in [-0.05, 0) is 22.0 Å². The fourth-order valence-electron chi connectivity index (χ4n) is 1.04. The molecule has 0 aliphatic rings. The van der Waals surface area contributed by atoms with E-state index in [2.05, 4.69) is 25.7 Å². The van der Waals surface area contributed by atoms with Gasteiger partial charge in [-0.2, -0.15) is 13.2 Å². The number of carbonyl (C=O) groups is 1. The molecule has 0 amide bonds. The molecule has 1 heterocycles. The number of aromatic nitrogens is 1. The molecule has 1 rings (SSSR count). The number of halogens is 4. The number of rotatable bonds is 4. The van der Waals surface area contributed by atoms with E-state index in [-0.39, 0.29) is 24.0 Å². The van der Waals surface area contributed by atoms with Crippen LogP contribution in [0.2, 0.25) is 0 Å². The van der Waals surface area contributed by atoms with Crippen LogP contribution in [0.15, 0.2) is 10.5 Å². The molecule has 0 spiro atoms. The Kier molecular flexibility index (Phi) is 3.78. The number of carbonyl (C=O) groups excluding carboxylic acids is 1. The zero-order valence-electron chi connectivity index (χ0n) is 7.40. The average Bonchev–Trinajstić information content (AvgIpc) is 2.47. The zero-order valence-corrected chi connectivity index (χ0v) is 8.98. The van der Waals surface area contributed by atoms with E-state index in [0.717, 1.165) is 0 Å². The molecular formula is C8H7BrF3NO2. The average molecular weight is 286 g/mol. The molecule has 0 fully saturated rings. The van der Waals surface area contributed by atoms with Crippen LogP contribution in [-0.4, -0.2) is 18.1 Å². The van der Waals surface area contributed by atoms with Crippen LogP contribution in [0, 0.1) is 0 Å². The first kappa shape index (κ1) is 12.1. The molecule has 0 unspecified atom stereocenters.